The van der Waals surface area contributed by atoms with Gasteiger partial charge in [-0.15, -0.1) is 0 Å². The fourth-order valence-electron chi connectivity index (χ4n) is 2.28. The molecule has 4 nitrogen and oxygen atoms in total. The largest absolute Gasteiger partial charge is 0.461 e. The number of nitrogens with one attached hydrogen (secondary N) is 1. The second-order valence-electron chi connectivity index (χ2n) is 4.65. The third-order valence-electron chi connectivity index (χ3n) is 3.26. The normalized spacial score (nSPS) is 10.5. The first-order valence-corrected chi connectivity index (χ1v) is 6.62. The molecular formula is C16H16FNO3. The first kappa shape index (κ1) is 15.0. The summed E-state index contributed by atoms with van der Waals surface area (Å²) in [6, 6.07) is 5.78. The van der Waals surface area contributed by atoms with Crippen LogP contribution in [-0.2, 0) is 4.74 Å². The van der Waals surface area contributed by atoms with Crippen LogP contribution in [0.15, 0.2) is 24.3 Å². The highest BCUT2D eigenvalue weighted by molar-refractivity contribution is 6.12. The van der Waals surface area contributed by atoms with Crippen molar-refractivity contribution in [1.82, 2.24) is 4.98 Å². The van der Waals surface area contributed by atoms with Crippen molar-refractivity contribution in [1.29, 1.82) is 0 Å². The van der Waals surface area contributed by atoms with E-state index < -0.39 is 17.6 Å². The zero-order valence-electron chi connectivity index (χ0n) is 12.1. The molecule has 1 aromatic carbocycles. The smallest absolute Gasteiger partial charge is 0.355 e. The second kappa shape index (κ2) is 5.91. The lowest BCUT2D eigenvalue weighted by atomic mass is 9.99. The van der Waals surface area contributed by atoms with Crippen molar-refractivity contribution in [2.45, 2.75) is 20.8 Å². The Labute approximate surface area is 121 Å². The van der Waals surface area contributed by atoms with Gasteiger partial charge in [0.15, 0.2) is 5.78 Å². The standard InChI is InChI=1S/C16H16FNO3/c1-4-21-16(20)14-9(2)13(10(3)18-14)15(19)11-7-5-6-8-12(11)17/h5-8,18H,4H2,1-3H3. The summed E-state index contributed by atoms with van der Waals surface area (Å²) in [6.45, 7) is 5.26. The number of halogens is 1. The lowest BCUT2D eigenvalue weighted by Gasteiger charge is -2.04. The van der Waals surface area contributed by atoms with E-state index >= 15 is 0 Å². The maximum absolute atomic E-state index is 13.8. The number of aromatic amines is 1. The molecule has 0 unspecified atom stereocenters. The Kier molecular flexibility index (Phi) is 4.21. The topological polar surface area (TPSA) is 59.2 Å². The lowest BCUT2D eigenvalue weighted by molar-refractivity contribution is 0.0519. The molecule has 1 heterocycles. The summed E-state index contributed by atoms with van der Waals surface area (Å²) in [5.41, 5.74) is 1.51. The van der Waals surface area contributed by atoms with E-state index in [2.05, 4.69) is 4.98 Å². The number of benzene rings is 1. The van der Waals surface area contributed by atoms with Crippen molar-refractivity contribution in [2.75, 3.05) is 6.61 Å². The molecule has 21 heavy (non-hydrogen) atoms. The van der Waals surface area contributed by atoms with Crippen molar-refractivity contribution in [2.24, 2.45) is 0 Å². The van der Waals surface area contributed by atoms with Gasteiger partial charge < -0.3 is 9.72 Å². The molecule has 0 saturated carbocycles. The summed E-state index contributed by atoms with van der Waals surface area (Å²) < 4.78 is 18.7. The van der Waals surface area contributed by atoms with Crippen molar-refractivity contribution < 1.29 is 18.7 Å². The highest BCUT2D eigenvalue weighted by Crippen LogP contribution is 2.23. The van der Waals surface area contributed by atoms with Crippen LogP contribution in [0, 0.1) is 19.7 Å². The van der Waals surface area contributed by atoms with Gasteiger partial charge >= 0.3 is 5.97 Å². The second-order valence-corrected chi connectivity index (χ2v) is 4.65. The number of hydrogen-bond donors (Lipinski definition) is 1. The fourth-order valence-corrected chi connectivity index (χ4v) is 2.28. The van der Waals surface area contributed by atoms with Crippen LogP contribution in [0.4, 0.5) is 4.39 Å². The number of carbonyl (C=O) groups is 2. The summed E-state index contributed by atoms with van der Waals surface area (Å²) in [4.78, 5) is 27.2. The van der Waals surface area contributed by atoms with Gasteiger partial charge in [0.25, 0.3) is 0 Å². The van der Waals surface area contributed by atoms with Crippen LogP contribution in [0.2, 0.25) is 0 Å². The highest BCUT2D eigenvalue weighted by Gasteiger charge is 2.24. The molecular weight excluding hydrogens is 273 g/mol. The Morgan fingerprint density at radius 3 is 2.52 bits per heavy atom. The number of aryl methyl sites for hydroxylation is 1. The van der Waals surface area contributed by atoms with E-state index in [1.165, 1.54) is 18.2 Å². The van der Waals surface area contributed by atoms with Crippen LogP contribution in [0.3, 0.4) is 0 Å². The van der Waals surface area contributed by atoms with Crippen LogP contribution in [0.5, 0.6) is 0 Å². The van der Waals surface area contributed by atoms with Crippen molar-refractivity contribution in [3.8, 4) is 0 Å². The van der Waals surface area contributed by atoms with E-state index in [4.69, 9.17) is 4.74 Å². The molecule has 2 aromatic rings. The monoisotopic (exact) mass is 289 g/mol. The Hall–Kier alpha value is -2.43. The zero-order chi connectivity index (χ0) is 15.6. The molecule has 5 heteroatoms. The summed E-state index contributed by atoms with van der Waals surface area (Å²) in [5.74, 6) is -1.55. The van der Waals surface area contributed by atoms with E-state index in [0.717, 1.165) is 0 Å². The first-order chi connectivity index (χ1) is 9.97. The van der Waals surface area contributed by atoms with E-state index in [1.54, 1.807) is 26.8 Å². The molecule has 0 saturated heterocycles. The molecule has 1 N–H and O–H groups in total. The van der Waals surface area contributed by atoms with Crippen molar-refractivity contribution in [3.63, 3.8) is 0 Å². The van der Waals surface area contributed by atoms with Crippen molar-refractivity contribution in [3.05, 3.63) is 58.2 Å². The number of aromatic nitrogens is 1. The molecule has 0 bridgehead atoms. The summed E-state index contributed by atoms with van der Waals surface area (Å²) >= 11 is 0. The van der Waals surface area contributed by atoms with E-state index in [0.29, 0.717) is 16.8 Å². The van der Waals surface area contributed by atoms with Gasteiger partial charge in [-0.1, -0.05) is 12.1 Å². The van der Waals surface area contributed by atoms with Gasteiger partial charge in [0.1, 0.15) is 11.5 Å². The van der Waals surface area contributed by atoms with Crippen LogP contribution >= 0.6 is 0 Å². The minimum Gasteiger partial charge on any atom is -0.461 e. The molecule has 0 radical (unpaired) electrons. The van der Waals surface area contributed by atoms with Gasteiger partial charge in [0.05, 0.1) is 12.2 Å². The van der Waals surface area contributed by atoms with Gasteiger partial charge in [0, 0.05) is 11.3 Å². The number of carbonyl (C=O) groups excluding carboxylic acids is 2. The predicted molar refractivity (Wildman–Crippen MR) is 76.1 cm³/mol. The van der Waals surface area contributed by atoms with E-state index in [9.17, 15) is 14.0 Å². The van der Waals surface area contributed by atoms with Gasteiger partial charge in [-0.2, -0.15) is 0 Å². The Bertz CT molecular complexity index is 704. The molecule has 2 rings (SSSR count). The minimum absolute atomic E-state index is 0.0156. The number of ketones is 1. The third kappa shape index (κ3) is 2.72. The van der Waals surface area contributed by atoms with E-state index in [-0.39, 0.29) is 17.9 Å². The number of H-pyrrole nitrogens is 1. The van der Waals surface area contributed by atoms with Crippen LogP contribution in [0.1, 0.15) is 44.6 Å². The number of hydrogen-bond acceptors (Lipinski definition) is 3. The average Bonchev–Trinajstić information content (AvgIpc) is 2.74. The van der Waals surface area contributed by atoms with Crippen LogP contribution in [0.25, 0.3) is 0 Å². The van der Waals surface area contributed by atoms with Gasteiger partial charge in [-0.25, -0.2) is 9.18 Å². The minimum atomic E-state index is -0.583. The van der Waals surface area contributed by atoms with Gasteiger partial charge in [0.2, 0.25) is 0 Å². The third-order valence-corrected chi connectivity index (χ3v) is 3.26. The highest BCUT2D eigenvalue weighted by atomic mass is 19.1. The molecule has 0 fully saturated rings. The number of rotatable bonds is 4. The quantitative estimate of drug-likeness (QED) is 0.694. The van der Waals surface area contributed by atoms with Gasteiger partial charge in [-0.05, 0) is 38.5 Å². The Morgan fingerprint density at radius 2 is 1.90 bits per heavy atom. The predicted octanol–water partition coefficient (Wildman–Crippen LogP) is 3.18. The Balaban J connectivity index is 2.48. The first-order valence-electron chi connectivity index (χ1n) is 6.62. The maximum Gasteiger partial charge on any atom is 0.355 e. The lowest BCUT2D eigenvalue weighted by Crippen LogP contribution is -2.08. The summed E-state index contributed by atoms with van der Waals surface area (Å²) in [7, 11) is 0. The fraction of sp³-hybridized carbons (Fsp3) is 0.250. The zero-order valence-corrected chi connectivity index (χ0v) is 12.1. The molecule has 0 atom stereocenters. The summed E-state index contributed by atoms with van der Waals surface area (Å²) in [6.07, 6.45) is 0. The average molecular weight is 289 g/mol. The van der Waals surface area contributed by atoms with E-state index in [1.807, 2.05) is 0 Å². The van der Waals surface area contributed by atoms with Crippen LogP contribution < -0.4 is 0 Å². The molecule has 0 spiro atoms. The van der Waals surface area contributed by atoms with Gasteiger partial charge in [-0.3, -0.25) is 4.79 Å². The molecule has 0 amide bonds. The summed E-state index contributed by atoms with van der Waals surface area (Å²) in [5, 5.41) is 0. The molecule has 0 aliphatic heterocycles. The van der Waals surface area contributed by atoms with Crippen molar-refractivity contribution >= 4 is 11.8 Å². The Morgan fingerprint density at radius 1 is 1.24 bits per heavy atom. The molecule has 0 aliphatic rings. The molecule has 1 aromatic heterocycles. The maximum atomic E-state index is 13.8. The van der Waals surface area contributed by atoms with Crippen LogP contribution in [-0.4, -0.2) is 23.3 Å². The number of ether oxygens (including phenoxy) is 1. The SMILES string of the molecule is CCOC(=O)c1[nH]c(C)c(C(=O)c2ccccc2F)c1C. The molecule has 0 aliphatic carbocycles. The number of esters is 1. The molecule has 110 valence electrons.